The molecule has 27 heavy (non-hydrogen) atoms. The Hall–Kier alpha value is -2.27. The highest BCUT2D eigenvalue weighted by atomic mass is 16.2. The van der Waals surface area contributed by atoms with Crippen molar-refractivity contribution >= 4 is 23.7 Å². The molecule has 1 aliphatic carbocycles. The Bertz CT molecular complexity index is 855. The van der Waals surface area contributed by atoms with Gasteiger partial charge in [-0.1, -0.05) is 43.5 Å². The number of amides is 2. The van der Waals surface area contributed by atoms with Crippen LogP contribution >= 0.6 is 0 Å². The molecule has 5 nitrogen and oxygen atoms in total. The van der Waals surface area contributed by atoms with Crippen molar-refractivity contribution in [1.29, 1.82) is 0 Å². The van der Waals surface area contributed by atoms with Gasteiger partial charge in [0.15, 0.2) is 11.8 Å². The van der Waals surface area contributed by atoms with E-state index in [0.717, 1.165) is 41.7 Å². The summed E-state index contributed by atoms with van der Waals surface area (Å²) in [5.41, 5.74) is 2.17. The fraction of sp³-hybridized carbons (Fsp3) is 0.500. The van der Waals surface area contributed by atoms with Gasteiger partial charge in [-0.2, -0.15) is 0 Å². The van der Waals surface area contributed by atoms with Crippen LogP contribution in [-0.2, 0) is 14.4 Å². The van der Waals surface area contributed by atoms with Crippen molar-refractivity contribution in [2.24, 2.45) is 11.8 Å². The SMILES string of the molecule is CC(=O)[C@@H]1[C@@H]2C(=O)N(C3CCCCC3)C(=O)[C@@H]2[C@@H]2c3ccccc3C=C[NH+]12. The number of quaternary nitrogens is 1. The van der Waals surface area contributed by atoms with Gasteiger partial charge in [0.2, 0.25) is 11.8 Å². The second-order valence-electron chi connectivity index (χ2n) is 8.42. The van der Waals surface area contributed by atoms with E-state index in [2.05, 4.69) is 0 Å². The molecule has 2 amide bonds. The second-order valence-corrected chi connectivity index (χ2v) is 8.42. The monoisotopic (exact) mass is 365 g/mol. The molecular weight excluding hydrogens is 340 g/mol. The zero-order chi connectivity index (χ0) is 18.7. The van der Waals surface area contributed by atoms with Crippen molar-refractivity contribution in [2.45, 2.75) is 57.2 Å². The number of hydrogen-bond acceptors (Lipinski definition) is 3. The maximum atomic E-state index is 13.5. The Labute approximate surface area is 159 Å². The molecule has 0 bridgehead atoms. The fourth-order valence-corrected chi connectivity index (χ4v) is 5.94. The quantitative estimate of drug-likeness (QED) is 0.808. The topological polar surface area (TPSA) is 58.9 Å². The zero-order valence-corrected chi connectivity index (χ0v) is 15.6. The highest BCUT2D eigenvalue weighted by Crippen LogP contribution is 2.45. The van der Waals surface area contributed by atoms with Crippen LogP contribution in [0.1, 0.15) is 56.2 Å². The van der Waals surface area contributed by atoms with Gasteiger partial charge < -0.3 is 0 Å². The number of Topliss-reactive ketones (excluding diaryl/α,β-unsaturated/α-hetero) is 1. The molecule has 0 radical (unpaired) electrons. The van der Waals surface area contributed by atoms with Gasteiger partial charge >= 0.3 is 0 Å². The molecule has 3 aliphatic heterocycles. The number of ketones is 1. The lowest BCUT2D eigenvalue weighted by Gasteiger charge is -2.33. The van der Waals surface area contributed by atoms with Gasteiger partial charge in [-0.25, -0.2) is 0 Å². The van der Waals surface area contributed by atoms with Crippen LogP contribution in [-0.4, -0.2) is 34.6 Å². The van der Waals surface area contributed by atoms with Gasteiger partial charge in [0.05, 0.1) is 6.20 Å². The number of carbonyl (C=O) groups excluding carboxylic acids is 3. The minimum absolute atomic E-state index is 0.00169. The van der Waals surface area contributed by atoms with E-state index in [9.17, 15) is 14.4 Å². The Kier molecular flexibility index (Phi) is 3.83. The van der Waals surface area contributed by atoms with Crippen LogP contribution in [0.4, 0.5) is 0 Å². The van der Waals surface area contributed by atoms with Crippen molar-refractivity contribution in [3.8, 4) is 0 Å². The van der Waals surface area contributed by atoms with Crippen molar-refractivity contribution < 1.29 is 19.3 Å². The molecule has 1 aromatic carbocycles. The summed E-state index contributed by atoms with van der Waals surface area (Å²) in [6.07, 6.45) is 9.13. The molecule has 140 valence electrons. The first-order chi connectivity index (χ1) is 13.1. The highest BCUT2D eigenvalue weighted by Gasteiger charge is 2.67. The smallest absolute Gasteiger partial charge is 0.240 e. The van der Waals surface area contributed by atoms with Crippen molar-refractivity contribution in [1.82, 2.24) is 4.90 Å². The maximum absolute atomic E-state index is 13.5. The summed E-state index contributed by atoms with van der Waals surface area (Å²) in [6.45, 7) is 1.56. The summed E-state index contributed by atoms with van der Waals surface area (Å²) < 4.78 is 0. The summed E-state index contributed by atoms with van der Waals surface area (Å²) in [7, 11) is 0. The molecule has 5 rings (SSSR count). The standard InChI is InChI=1S/C22H24N2O3/c1-13(25)19-17-18(20-16-10-6-5-7-14(16)11-12-23(19)20)22(27)24(21(17)26)15-8-3-2-4-9-15/h5-7,10-12,15,17-20H,2-4,8-9H2,1H3/p+1/t17-,18+,19-,20+/m1/s1. The van der Waals surface area contributed by atoms with Crippen LogP contribution in [0.25, 0.3) is 6.08 Å². The first-order valence-corrected chi connectivity index (χ1v) is 10.1. The number of likely N-dealkylation sites (tertiary alicyclic amines) is 1. The van der Waals surface area contributed by atoms with Crippen LogP contribution < -0.4 is 4.90 Å². The summed E-state index contributed by atoms with van der Waals surface area (Å²) in [5, 5.41) is 0. The molecule has 3 fully saturated rings. The van der Waals surface area contributed by atoms with Crippen LogP contribution in [0.2, 0.25) is 0 Å². The van der Waals surface area contributed by atoms with Crippen LogP contribution in [0.5, 0.6) is 0 Å². The third-order valence-electron chi connectivity index (χ3n) is 7.03. The Morgan fingerprint density at radius 1 is 1.04 bits per heavy atom. The van der Waals surface area contributed by atoms with Gasteiger partial charge in [0.1, 0.15) is 17.9 Å². The minimum Gasteiger partial charge on any atom is -0.293 e. The van der Waals surface area contributed by atoms with Gasteiger partial charge in [-0.05, 0) is 24.5 Å². The van der Waals surface area contributed by atoms with Gasteiger partial charge in [-0.3, -0.25) is 24.2 Å². The largest absolute Gasteiger partial charge is 0.293 e. The van der Waals surface area contributed by atoms with Crippen molar-refractivity contribution in [2.75, 3.05) is 0 Å². The molecule has 1 saturated carbocycles. The molecule has 0 aromatic heterocycles. The number of nitrogens with zero attached hydrogens (tertiary/aromatic N) is 1. The van der Waals surface area contributed by atoms with Crippen molar-refractivity contribution in [3.05, 3.63) is 41.6 Å². The third-order valence-corrected chi connectivity index (χ3v) is 7.03. The summed E-state index contributed by atoms with van der Waals surface area (Å²) in [4.78, 5) is 41.9. The van der Waals surface area contributed by atoms with Crippen LogP contribution in [0.15, 0.2) is 30.5 Å². The fourth-order valence-electron chi connectivity index (χ4n) is 5.94. The van der Waals surface area contributed by atoms with E-state index in [-0.39, 0.29) is 29.7 Å². The lowest BCUT2D eigenvalue weighted by molar-refractivity contribution is -0.884. The average Bonchev–Trinajstić information content (AvgIpc) is 3.16. The van der Waals surface area contributed by atoms with Crippen LogP contribution in [0.3, 0.4) is 0 Å². The molecule has 1 unspecified atom stereocenters. The first kappa shape index (κ1) is 16.9. The van der Waals surface area contributed by atoms with E-state index in [1.165, 1.54) is 6.42 Å². The molecule has 4 aliphatic rings. The number of carbonyl (C=O) groups is 3. The van der Waals surface area contributed by atoms with Gasteiger partial charge in [0, 0.05) is 18.5 Å². The number of nitrogens with one attached hydrogen (secondary N) is 1. The van der Waals surface area contributed by atoms with Gasteiger partial charge in [0.25, 0.3) is 0 Å². The second kappa shape index (κ2) is 6.13. The number of hydrogen-bond donors (Lipinski definition) is 1. The highest BCUT2D eigenvalue weighted by molar-refractivity contribution is 6.08. The first-order valence-electron chi connectivity index (χ1n) is 10.1. The van der Waals surface area contributed by atoms with Crippen molar-refractivity contribution in [3.63, 3.8) is 0 Å². The number of fused-ring (bicyclic) bond motifs is 5. The van der Waals surface area contributed by atoms with E-state index in [0.29, 0.717) is 0 Å². The molecular formula is C22H25N2O3+. The van der Waals surface area contributed by atoms with E-state index in [1.54, 1.807) is 11.8 Å². The lowest BCUT2D eigenvalue weighted by Crippen LogP contribution is -3.12. The molecule has 1 N–H and O–H groups in total. The third kappa shape index (κ3) is 2.30. The van der Waals surface area contributed by atoms with E-state index < -0.39 is 17.9 Å². The molecule has 0 spiro atoms. The summed E-state index contributed by atoms with van der Waals surface area (Å²) in [6, 6.07) is 7.47. The summed E-state index contributed by atoms with van der Waals surface area (Å²) in [5.74, 6) is -1.10. The maximum Gasteiger partial charge on any atom is 0.240 e. The summed E-state index contributed by atoms with van der Waals surface area (Å²) >= 11 is 0. The molecule has 2 saturated heterocycles. The molecule has 1 aromatic rings. The average molecular weight is 365 g/mol. The van der Waals surface area contributed by atoms with Crippen LogP contribution in [0, 0.1) is 11.8 Å². The lowest BCUT2D eigenvalue weighted by atomic mass is 9.84. The normalized spacial score (nSPS) is 35.1. The molecule has 3 heterocycles. The Balaban J connectivity index is 1.60. The predicted molar refractivity (Wildman–Crippen MR) is 99.4 cm³/mol. The molecule has 5 atom stereocenters. The Morgan fingerprint density at radius 3 is 2.48 bits per heavy atom. The number of imide groups is 1. The predicted octanol–water partition coefficient (Wildman–Crippen LogP) is 1.50. The number of benzene rings is 1. The zero-order valence-electron chi connectivity index (χ0n) is 15.6. The van der Waals surface area contributed by atoms with E-state index in [4.69, 9.17) is 0 Å². The number of rotatable bonds is 2. The van der Waals surface area contributed by atoms with E-state index in [1.807, 2.05) is 36.5 Å². The minimum atomic E-state index is -0.521. The van der Waals surface area contributed by atoms with E-state index >= 15 is 0 Å². The van der Waals surface area contributed by atoms with Gasteiger partial charge in [-0.15, -0.1) is 0 Å². The molecule has 5 heteroatoms. The Morgan fingerprint density at radius 2 is 1.74 bits per heavy atom.